The number of fused-ring (bicyclic) bond motifs is 1. The maximum absolute atomic E-state index is 12.8. The van der Waals surface area contributed by atoms with Gasteiger partial charge in [-0.3, -0.25) is 9.20 Å². The largest absolute Gasteiger partial charge is 0.392 e. The highest BCUT2D eigenvalue weighted by Crippen LogP contribution is 2.33. The minimum Gasteiger partial charge on any atom is -0.392 e. The Kier molecular flexibility index (Phi) is 6.64. The molecule has 2 aromatic carbocycles. The lowest BCUT2D eigenvalue weighted by Crippen LogP contribution is -2.26. The molecule has 1 fully saturated rings. The second kappa shape index (κ2) is 9.89. The smallest absolute Gasteiger partial charge is 0.390 e. The van der Waals surface area contributed by atoms with Gasteiger partial charge < -0.3 is 15.7 Å². The molecule has 3 N–H and O–H groups in total. The number of aliphatic hydroxyl groups is 1. The Balaban J connectivity index is 1.57. The molecule has 0 saturated heterocycles. The van der Waals surface area contributed by atoms with Gasteiger partial charge in [0.15, 0.2) is 5.65 Å². The maximum Gasteiger partial charge on any atom is 0.390 e. The van der Waals surface area contributed by atoms with Gasteiger partial charge >= 0.3 is 6.18 Å². The highest BCUT2D eigenvalue weighted by atomic mass is 19.4. The van der Waals surface area contributed by atoms with Crippen LogP contribution >= 0.6 is 0 Å². The summed E-state index contributed by atoms with van der Waals surface area (Å²) in [6, 6.07) is 14.9. The van der Waals surface area contributed by atoms with Crippen LogP contribution in [0.25, 0.3) is 28.0 Å². The van der Waals surface area contributed by atoms with Crippen LogP contribution in [0.1, 0.15) is 40.7 Å². The topological polar surface area (TPSA) is 78.7 Å². The normalized spacial score (nSPS) is 13.6. The van der Waals surface area contributed by atoms with Gasteiger partial charge in [-0.15, -0.1) is 0 Å². The minimum atomic E-state index is -4.28. The van der Waals surface area contributed by atoms with E-state index in [1.165, 1.54) is 0 Å². The number of aliphatic hydroxyl groups excluding tert-OH is 1. The Morgan fingerprint density at radius 2 is 1.92 bits per heavy atom. The van der Waals surface area contributed by atoms with Gasteiger partial charge in [0.2, 0.25) is 0 Å². The van der Waals surface area contributed by atoms with E-state index >= 15 is 0 Å². The third kappa shape index (κ3) is 5.46. The molecule has 192 valence electrons. The molecule has 6 nitrogen and oxygen atoms in total. The lowest BCUT2D eigenvalue weighted by Gasteiger charge is -2.15. The SMILES string of the molecule is Cc1cc(-c2cnc3c(NCCC(F)(F)F)cc(-c4ccccc4CO)cn23)ccc1C(=O)NC1CC1. The fourth-order valence-corrected chi connectivity index (χ4v) is 4.43. The molecule has 0 bridgehead atoms. The van der Waals surface area contributed by atoms with Crippen molar-refractivity contribution in [3.63, 3.8) is 0 Å². The molecule has 4 aromatic rings. The fraction of sp³-hybridized carbons (Fsp3) is 0.286. The van der Waals surface area contributed by atoms with Crippen LogP contribution in [0.2, 0.25) is 0 Å². The van der Waals surface area contributed by atoms with Crippen LogP contribution in [0.15, 0.2) is 60.9 Å². The molecule has 2 heterocycles. The summed E-state index contributed by atoms with van der Waals surface area (Å²) in [6.07, 6.45) is 0.288. The third-order valence-corrected chi connectivity index (χ3v) is 6.51. The number of rotatable bonds is 8. The van der Waals surface area contributed by atoms with Crippen molar-refractivity contribution in [1.82, 2.24) is 14.7 Å². The number of aryl methyl sites for hydroxylation is 1. The molecule has 0 atom stereocenters. The average Bonchev–Trinajstić information content (AvgIpc) is 3.57. The summed E-state index contributed by atoms with van der Waals surface area (Å²) in [6.45, 7) is 1.41. The van der Waals surface area contributed by atoms with Gasteiger partial charge in [0.1, 0.15) is 0 Å². The Bertz CT molecular complexity index is 1460. The monoisotopic (exact) mass is 508 g/mol. The molecule has 1 saturated carbocycles. The number of amides is 1. The van der Waals surface area contributed by atoms with Crippen molar-refractivity contribution in [3.05, 3.63) is 77.6 Å². The Hall–Kier alpha value is -3.85. The van der Waals surface area contributed by atoms with Crippen LogP contribution in [0.3, 0.4) is 0 Å². The zero-order valence-corrected chi connectivity index (χ0v) is 20.3. The van der Waals surface area contributed by atoms with E-state index in [2.05, 4.69) is 15.6 Å². The first-order chi connectivity index (χ1) is 17.7. The van der Waals surface area contributed by atoms with Crippen molar-refractivity contribution in [3.8, 4) is 22.4 Å². The van der Waals surface area contributed by atoms with E-state index < -0.39 is 12.6 Å². The molecule has 9 heteroatoms. The van der Waals surface area contributed by atoms with Gasteiger partial charge in [0, 0.05) is 35.5 Å². The number of benzene rings is 2. The van der Waals surface area contributed by atoms with E-state index in [0.29, 0.717) is 22.5 Å². The van der Waals surface area contributed by atoms with Crippen LogP contribution in [-0.4, -0.2) is 39.2 Å². The molecule has 0 spiro atoms. The van der Waals surface area contributed by atoms with Crippen molar-refractivity contribution in [2.75, 3.05) is 11.9 Å². The Labute approximate surface area is 212 Å². The van der Waals surface area contributed by atoms with Crippen LogP contribution in [0.4, 0.5) is 18.9 Å². The summed E-state index contributed by atoms with van der Waals surface area (Å²) in [5.41, 5.74) is 6.11. The summed E-state index contributed by atoms with van der Waals surface area (Å²) in [7, 11) is 0. The number of hydrogen-bond acceptors (Lipinski definition) is 4. The minimum absolute atomic E-state index is 0.0938. The second-order valence-electron chi connectivity index (χ2n) is 9.36. The fourth-order valence-electron chi connectivity index (χ4n) is 4.43. The van der Waals surface area contributed by atoms with Gasteiger partial charge in [0.25, 0.3) is 5.91 Å². The number of aromatic nitrogens is 2. The van der Waals surface area contributed by atoms with E-state index in [4.69, 9.17) is 0 Å². The third-order valence-electron chi connectivity index (χ3n) is 6.51. The van der Waals surface area contributed by atoms with Crippen LogP contribution in [0.5, 0.6) is 0 Å². The summed E-state index contributed by atoms with van der Waals surface area (Å²) >= 11 is 0. The number of alkyl halides is 3. The highest BCUT2D eigenvalue weighted by molar-refractivity contribution is 5.96. The molecular weight excluding hydrogens is 481 g/mol. The van der Waals surface area contributed by atoms with Crippen LogP contribution in [0, 0.1) is 6.92 Å². The number of hydrogen-bond donors (Lipinski definition) is 3. The van der Waals surface area contributed by atoms with Crippen molar-refractivity contribution in [2.24, 2.45) is 0 Å². The predicted octanol–water partition coefficient (Wildman–Crippen LogP) is 5.73. The molecule has 0 radical (unpaired) electrons. The summed E-state index contributed by atoms with van der Waals surface area (Å²) in [5, 5.41) is 15.8. The summed E-state index contributed by atoms with van der Waals surface area (Å²) < 4.78 is 40.3. The average molecular weight is 509 g/mol. The van der Waals surface area contributed by atoms with Crippen LogP contribution in [-0.2, 0) is 6.61 Å². The van der Waals surface area contributed by atoms with Crippen molar-refractivity contribution in [1.29, 1.82) is 0 Å². The number of nitrogens with one attached hydrogen (secondary N) is 2. The first-order valence-corrected chi connectivity index (χ1v) is 12.2. The molecular formula is C28H27F3N4O2. The summed E-state index contributed by atoms with van der Waals surface area (Å²) in [4.78, 5) is 17.1. The number of nitrogens with zero attached hydrogens (tertiary/aromatic N) is 2. The first kappa shape index (κ1) is 24.8. The maximum atomic E-state index is 12.8. The van der Waals surface area contributed by atoms with E-state index in [1.54, 1.807) is 24.4 Å². The molecule has 1 amide bonds. The molecule has 1 aliphatic rings. The number of imidazole rings is 1. The van der Waals surface area contributed by atoms with Gasteiger partial charge in [-0.1, -0.05) is 30.3 Å². The van der Waals surface area contributed by atoms with E-state index in [0.717, 1.165) is 40.8 Å². The van der Waals surface area contributed by atoms with Crippen molar-refractivity contribution < 1.29 is 23.1 Å². The quantitative estimate of drug-likeness (QED) is 0.284. The second-order valence-corrected chi connectivity index (χ2v) is 9.36. The highest BCUT2D eigenvalue weighted by Gasteiger charge is 2.27. The molecule has 37 heavy (non-hydrogen) atoms. The van der Waals surface area contributed by atoms with Crippen molar-refractivity contribution >= 4 is 17.2 Å². The van der Waals surface area contributed by atoms with Crippen LogP contribution < -0.4 is 10.6 Å². The summed E-state index contributed by atoms with van der Waals surface area (Å²) in [5.74, 6) is -0.0938. The lowest BCUT2D eigenvalue weighted by molar-refractivity contribution is -0.131. The predicted molar refractivity (Wildman–Crippen MR) is 136 cm³/mol. The zero-order valence-electron chi connectivity index (χ0n) is 20.3. The first-order valence-electron chi connectivity index (χ1n) is 12.2. The van der Waals surface area contributed by atoms with Gasteiger partial charge in [0.05, 0.1) is 30.6 Å². The number of pyridine rings is 1. The van der Waals surface area contributed by atoms with E-state index in [-0.39, 0.29) is 25.1 Å². The standard InChI is InChI=1S/C28H27F3N4O2/c1-17-12-18(6-9-22(17)27(37)34-21-7-8-21)25-14-33-26-24(32-11-10-28(29,30)31)13-20(15-35(25)26)23-5-3-2-4-19(23)16-36/h2-6,9,12-15,21,32,36H,7-8,10-11,16H2,1H3,(H,34,37). The number of carbonyl (C=O) groups is 1. The number of anilines is 1. The molecule has 5 rings (SSSR count). The molecule has 2 aromatic heterocycles. The Morgan fingerprint density at radius 3 is 2.62 bits per heavy atom. The van der Waals surface area contributed by atoms with E-state index in [9.17, 15) is 23.1 Å². The number of carbonyl (C=O) groups excluding carboxylic acids is 1. The number of halogens is 3. The zero-order chi connectivity index (χ0) is 26.2. The lowest BCUT2D eigenvalue weighted by atomic mass is 10.0. The molecule has 1 aliphatic carbocycles. The van der Waals surface area contributed by atoms with Gasteiger partial charge in [-0.05, 0) is 54.7 Å². The Morgan fingerprint density at radius 1 is 1.14 bits per heavy atom. The van der Waals surface area contributed by atoms with Gasteiger partial charge in [-0.25, -0.2) is 4.98 Å². The molecule has 0 unspecified atom stereocenters. The molecule has 0 aliphatic heterocycles. The van der Waals surface area contributed by atoms with E-state index in [1.807, 2.05) is 47.9 Å². The van der Waals surface area contributed by atoms with Gasteiger partial charge in [-0.2, -0.15) is 13.2 Å². The van der Waals surface area contributed by atoms with Crippen molar-refractivity contribution in [2.45, 2.75) is 45.0 Å².